The van der Waals surface area contributed by atoms with E-state index in [9.17, 15) is 0 Å². The zero-order valence-corrected chi connectivity index (χ0v) is 12.2. The third-order valence-electron chi connectivity index (χ3n) is 4.27. The Morgan fingerprint density at radius 2 is 2.05 bits per heavy atom. The number of rotatable bonds is 4. The number of aromatic nitrogens is 2. The van der Waals surface area contributed by atoms with Gasteiger partial charge in [0.05, 0.1) is 18.5 Å². The summed E-state index contributed by atoms with van der Waals surface area (Å²) >= 11 is 0. The molecule has 4 rings (SSSR count). The average Bonchev–Trinajstić information content (AvgIpc) is 3.25. The van der Waals surface area contributed by atoms with Crippen LogP contribution in [0.5, 0.6) is 5.75 Å². The van der Waals surface area contributed by atoms with Crippen molar-refractivity contribution in [2.24, 2.45) is 0 Å². The largest absolute Gasteiger partial charge is 0.496 e. The van der Waals surface area contributed by atoms with Gasteiger partial charge in [-0.05, 0) is 18.9 Å². The van der Waals surface area contributed by atoms with Crippen molar-refractivity contribution in [1.29, 1.82) is 0 Å². The van der Waals surface area contributed by atoms with Crippen LogP contribution in [0.2, 0.25) is 0 Å². The topological polar surface area (TPSA) is 47.0 Å². The predicted molar refractivity (Wildman–Crippen MR) is 80.4 cm³/mol. The van der Waals surface area contributed by atoms with Gasteiger partial charge in [-0.15, -0.1) is 0 Å². The van der Waals surface area contributed by atoms with Gasteiger partial charge in [-0.2, -0.15) is 0 Å². The number of nitrogens with one attached hydrogen (secondary N) is 1. The van der Waals surface area contributed by atoms with Crippen LogP contribution in [-0.4, -0.2) is 17.1 Å². The lowest BCUT2D eigenvalue weighted by Gasteiger charge is -2.11. The number of benzene rings is 1. The lowest BCUT2D eigenvalue weighted by atomic mass is 10.1. The summed E-state index contributed by atoms with van der Waals surface area (Å²) in [4.78, 5) is 9.64. The fraction of sp³-hybridized carbons (Fsp3) is 0.412. The second-order valence-electron chi connectivity index (χ2n) is 5.82. The van der Waals surface area contributed by atoms with E-state index in [1.165, 1.54) is 29.8 Å². The maximum atomic E-state index is 5.43. The lowest BCUT2D eigenvalue weighted by Crippen LogP contribution is -2.06. The molecule has 0 atom stereocenters. The lowest BCUT2D eigenvalue weighted by molar-refractivity contribution is 0.410. The molecule has 2 aromatic rings. The Morgan fingerprint density at radius 1 is 1.19 bits per heavy atom. The summed E-state index contributed by atoms with van der Waals surface area (Å²) in [6.45, 7) is 1.80. The standard InChI is InChI=1S/C17H19N3O/c1-21-15-5-3-2-4-12(15)8-16-19-14-10-18-9-13(14)17(20-16)11-6-7-11/h2-5,11,18H,6-10H2,1H3. The first kappa shape index (κ1) is 12.8. The third-order valence-corrected chi connectivity index (χ3v) is 4.27. The molecule has 1 N–H and O–H groups in total. The fourth-order valence-corrected chi connectivity index (χ4v) is 3.04. The second-order valence-corrected chi connectivity index (χ2v) is 5.82. The first-order chi connectivity index (χ1) is 10.3. The Morgan fingerprint density at radius 3 is 2.86 bits per heavy atom. The molecular weight excluding hydrogens is 262 g/mol. The van der Waals surface area contributed by atoms with Gasteiger partial charge in [-0.3, -0.25) is 0 Å². The zero-order chi connectivity index (χ0) is 14.2. The Bertz CT molecular complexity index is 680. The van der Waals surface area contributed by atoms with Crippen LogP contribution in [0.15, 0.2) is 24.3 Å². The highest BCUT2D eigenvalue weighted by molar-refractivity contribution is 5.38. The predicted octanol–water partition coefficient (Wildman–Crippen LogP) is 2.56. The second kappa shape index (κ2) is 5.11. The van der Waals surface area contributed by atoms with Gasteiger partial charge in [-0.25, -0.2) is 9.97 Å². The fourth-order valence-electron chi connectivity index (χ4n) is 3.04. The highest BCUT2D eigenvalue weighted by Gasteiger charge is 2.31. The molecule has 1 aliphatic heterocycles. The summed E-state index contributed by atoms with van der Waals surface area (Å²) < 4.78 is 5.43. The van der Waals surface area contributed by atoms with E-state index in [-0.39, 0.29) is 0 Å². The number of methoxy groups -OCH3 is 1. The normalized spacial score (nSPS) is 16.8. The van der Waals surface area contributed by atoms with Crippen LogP contribution in [0.1, 0.15) is 47.1 Å². The summed E-state index contributed by atoms with van der Waals surface area (Å²) in [5.41, 5.74) is 4.97. The number of hydrogen-bond donors (Lipinski definition) is 1. The molecular formula is C17H19N3O. The van der Waals surface area contributed by atoms with Crippen LogP contribution in [0.4, 0.5) is 0 Å². The van der Waals surface area contributed by atoms with Crippen LogP contribution in [0.25, 0.3) is 0 Å². The molecule has 1 saturated carbocycles. The van der Waals surface area contributed by atoms with Crippen LogP contribution in [-0.2, 0) is 19.5 Å². The maximum Gasteiger partial charge on any atom is 0.133 e. The van der Waals surface area contributed by atoms with E-state index < -0.39 is 0 Å². The Balaban J connectivity index is 1.71. The minimum absolute atomic E-state index is 0.665. The molecule has 0 spiro atoms. The van der Waals surface area contributed by atoms with Crippen molar-refractivity contribution >= 4 is 0 Å². The smallest absolute Gasteiger partial charge is 0.133 e. The van der Waals surface area contributed by atoms with Crippen molar-refractivity contribution < 1.29 is 4.74 Å². The van der Waals surface area contributed by atoms with E-state index >= 15 is 0 Å². The Hall–Kier alpha value is -1.94. The molecule has 4 heteroatoms. The van der Waals surface area contributed by atoms with E-state index in [0.29, 0.717) is 5.92 Å². The SMILES string of the molecule is COc1ccccc1Cc1nc2c(c(C3CC3)n1)CNC2. The number of ether oxygens (including phenoxy) is 1. The summed E-state index contributed by atoms with van der Waals surface area (Å²) in [7, 11) is 1.71. The van der Waals surface area contributed by atoms with Crippen molar-refractivity contribution in [3.63, 3.8) is 0 Å². The van der Waals surface area contributed by atoms with E-state index in [0.717, 1.165) is 36.6 Å². The van der Waals surface area contributed by atoms with Gasteiger partial charge in [0.25, 0.3) is 0 Å². The summed E-state index contributed by atoms with van der Waals surface area (Å²) in [5.74, 6) is 2.50. The molecule has 0 unspecified atom stereocenters. The van der Waals surface area contributed by atoms with Crippen molar-refractivity contribution in [1.82, 2.24) is 15.3 Å². The summed E-state index contributed by atoms with van der Waals surface area (Å²) in [6, 6.07) is 8.11. The molecule has 1 fully saturated rings. The monoisotopic (exact) mass is 281 g/mol. The molecule has 0 bridgehead atoms. The number of hydrogen-bond acceptors (Lipinski definition) is 4. The molecule has 21 heavy (non-hydrogen) atoms. The minimum atomic E-state index is 0.665. The van der Waals surface area contributed by atoms with E-state index in [1.54, 1.807) is 7.11 Å². The number of fused-ring (bicyclic) bond motifs is 1. The van der Waals surface area contributed by atoms with Crippen molar-refractivity contribution in [3.05, 3.63) is 52.6 Å². The molecule has 2 aliphatic rings. The molecule has 0 radical (unpaired) electrons. The first-order valence-corrected chi connectivity index (χ1v) is 7.56. The van der Waals surface area contributed by atoms with E-state index in [2.05, 4.69) is 11.4 Å². The molecule has 108 valence electrons. The minimum Gasteiger partial charge on any atom is -0.496 e. The average molecular weight is 281 g/mol. The van der Waals surface area contributed by atoms with Crippen molar-refractivity contribution in [2.75, 3.05) is 7.11 Å². The zero-order valence-electron chi connectivity index (χ0n) is 12.2. The summed E-state index contributed by atoms with van der Waals surface area (Å²) in [6.07, 6.45) is 3.28. The highest BCUT2D eigenvalue weighted by Crippen LogP contribution is 2.42. The Labute approximate surface area is 124 Å². The van der Waals surface area contributed by atoms with Gasteiger partial charge in [0.2, 0.25) is 0 Å². The summed E-state index contributed by atoms with van der Waals surface area (Å²) in [5, 5.41) is 3.40. The highest BCUT2D eigenvalue weighted by atomic mass is 16.5. The molecule has 1 aliphatic carbocycles. The van der Waals surface area contributed by atoms with Crippen LogP contribution in [0, 0.1) is 0 Å². The van der Waals surface area contributed by atoms with Crippen molar-refractivity contribution in [3.8, 4) is 5.75 Å². The van der Waals surface area contributed by atoms with Gasteiger partial charge in [0, 0.05) is 36.6 Å². The van der Waals surface area contributed by atoms with Crippen LogP contribution >= 0.6 is 0 Å². The Kier molecular flexibility index (Phi) is 3.11. The van der Waals surface area contributed by atoms with Crippen molar-refractivity contribution in [2.45, 2.75) is 38.3 Å². The van der Waals surface area contributed by atoms with Gasteiger partial charge in [0.1, 0.15) is 11.6 Å². The number of nitrogens with zero attached hydrogens (tertiary/aromatic N) is 2. The molecule has 2 heterocycles. The van der Waals surface area contributed by atoms with E-state index in [1.807, 2.05) is 18.2 Å². The van der Waals surface area contributed by atoms with Gasteiger partial charge >= 0.3 is 0 Å². The molecule has 0 amide bonds. The molecule has 1 aromatic carbocycles. The van der Waals surface area contributed by atoms with Crippen LogP contribution < -0.4 is 10.1 Å². The van der Waals surface area contributed by atoms with Gasteiger partial charge in [-0.1, -0.05) is 18.2 Å². The van der Waals surface area contributed by atoms with Gasteiger partial charge < -0.3 is 10.1 Å². The molecule has 0 saturated heterocycles. The third kappa shape index (κ3) is 2.40. The molecule has 4 nitrogen and oxygen atoms in total. The van der Waals surface area contributed by atoms with Crippen LogP contribution in [0.3, 0.4) is 0 Å². The van der Waals surface area contributed by atoms with Gasteiger partial charge in [0.15, 0.2) is 0 Å². The quantitative estimate of drug-likeness (QED) is 0.935. The van der Waals surface area contributed by atoms with E-state index in [4.69, 9.17) is 14.7 Å². The molecule has 1 aromatic heterocycles. The first-order valence-electron chi connectivity index (χ1n) is 7.56. The number of para-hydroxylation sites is 1. The maximum absolute atomic E-state index is 5.43.